The van der Waals surface area contributed by atoms with E-state index < -0.39 is 0 Å². The lowest BCUT2D eigenvalue weighted by Crippen LogP contribution is -1.99. The summed E-state index contributed by atoms with van der Waals surface area (Å²) in [4.78, 5) is 0. The molecule has 0 atom stereocenters. The molecular formula is C20H17N3. The number of aryl methyl sites for hydroxylation is 2. The van der Waals surface area contributed by atoms with Gasteiger partial charge in [-0.2, -0.15) is 10.5 Å². The molecule has 2 aromatic carbocycles. The average Bonchev–Trinajstić information content (AvgIpc) is 2.57. The lowest BCUT2D eigenvalue weighted by Gasteiger charge is -2.12. The molecule has 1 N–H and O–H groups in total. The largest absolute Gasteiger partial charge is 0.355 e. The van der Waals surface area contributed by atoms with Crippen LogP contribution in [0, 0.1) is 36.5 Å². The van der Waals surface area contributed by atoms with Gasteiger partial charge in [-0.05, 0) is 43.7 Å². The molecule has 3 nitrogen and oxygen atoms in total. The molecule has 3 heteroatoms. The molecule has 2 aromatic rings. The summed E-state index contributed by atoms with van der Waals surface area (Å²) < 4.78 is 0. The van der Waals surface area contributed by atoms with Crippen LogP contribution >= 0.6 is 0 Å². The second kappa shape index (κ2) is 7.64. The highest BCUT2D eigenvalue weighted by atomic mass is 14.9. The molecule has 0 radical (unpaired) electrons. The van der Waals surface area contributed by atoms with Crippen LogP contribution in [0.1, 0.15) is 16.7 Å². The van der Waals surface area contributed by atoms with Gasteiger partial charge in [-0.1, -0.05) is 47.5 Å². The van der Waals surface area contributed by atoms with Crippen molar-refractivity contribution in [3.8, 4) is 12.1 Å². The Morgan fingerprint density at radius 1 is 0.826 bits per heavy atom. The number of nitrogens with one attached hydrogen (secondary N) is 1. The minimum atomic E-state index is 0.0697. The van der Waals surface area contributed by atoms with Gasteiger partial charge in [-0.25, -0.2) is 0 Å². The second-order valence-electron chi connectivity index (χ2n) is 5.24. The van der Waals surface area contributed by atoms with Crippen molar-refractivity contribution < 1.29 is 0 Å². The Kier molecular flexibility index (Phi) is 5.34. The number of nitrogens with zero attached hydrogens (tertiary/aromatic N) is 2. The first-order valence-electron chi connectivity index (χ1n) is 7.25. The maximum absolute atomic E-state index is 8.88. The fraction of sp³-hybridized carbons (Fsp3) is 0.100. The Morgan fingerprint density at radius 3 is 1.87 bits per heavy atom. The number of hydrogen-bond acceptors (Lipinski definition) is 3. The van der Waals surface area contributed by atoms with Crippen LogP contribution in [0.2, 0.25) is 0 Å². The summed E-state index contributed by atoms with van der Waals surface area (Å²) in [6, 6.07) is 19.9. The van der Waals surface area contributed by atoms with Gasteiger partial charge >= 0.3 is 0 Å². The molecule has 0 heterocycles. The summed E-state index contributed by atoms with van der Waals surface area (Å²) in [6.45, 7) is 4.07. The first-order chi connectivity index (χ1) is 11.1. The molecule has 0 amide bonds. The lowest BCUT2D eigenvalue weighted by molar-refractivity contribution is 1.43. The van der Waals surface area contributed by atoms with E-state index in [2.05, 4.69) is 5.32 Å². The zero-order valence-electron chi connectivity index (χ0n) is 13.2. The van der Waals surface area contributed by atoms with Crippen molar-refractivity contribution in [3.63, 3.8) is 0 Å². The summed E-state index contributed by atoms with van der Waals surface area (Å²) >= 11 is 0. The van der Waals surface area contributed by atoms with Gasteiger partial charge in [0.2, 0.25) is 0 Å². The quantitative estimate of drug-likeness (QED) is 0.656. The number of allylic oxidation sites excluding steroid dienone is 3. The molecular weight excluding hydrogens is 282 g/mol. The number of anilines is 1. The van der Waals surface area contributed by atoms with E-state index in [4.69, 9.17) is 10.5 Å². The third-order valence-corrected chi connectivity index (χ3v) is 3.35. The summed E-state index contributed by atoms with van der Waals surface area (Å²) in [5, 5.41) is 21.1. The van der Waals surface area contributed by atoms with Gasteiger partial charge in [0.15, 0.2) is 0 Å². The summed E-state index contributed by atoms with van der Waals surface area (Å²) in [6.07, 6.45) is 3.28. The van der Waals surface area contributed by atoms with E-state index in [0.717, 1.165) is 16.9 Å². The molecule has 2 rings (SSSR count). The van der Waals surface area contributed by atoms with E-state index in [0.29, 0.717) is 0 Å². The van der Waals surface area contributed by atoms with Crippen LogP contribution in [-0.4, -0.2) is 0 Å². The molecule has 0 aromatic heterocycles. The van der Waals surface area contributed by atoms with Crippen LogP contribution in [0.15, 0.2) is 66.3 Å². The van der Waals surface area contributed by atoms with Crippen molar-refractivity contribution in [3.05, 3.63) is 82.9 Å². The van der Waals surface area contributed by atoms with Crippen LogP contribution in [-0.2, 0) is 0 Å². The number of hydrogen-bond donors (Lipinski definition) is 1. The fourth-order valence-corrected chi connectivity index (χ4v) is 2.00. The van der Waals surface area contributed by atoms with E-state index in [1.165, 1.54) is 17.2 Å². The third kappa shape index (κ3) is 4.59. The molecule has 0 aliphatic carbocycles. The minimum absolute atomic E-state index is 0.0697. The topological polar surface area (TPSA) is 59.6 Å². The molecule has 0 saturated heterocycles. The van der Waals surface area contributed by atoms with Crippen LogP contribution in [0.3, 0.4) is 0 Å². The normalized spacial score (nSPS) is 10.3. The van der Waals surface area contributed by atoms with Gasteiger partial charge in [0, 0.05) is 11.4 Å². The first-order valence-corrected chi connectivity index (χ1v) is 7.25. The van der Waals surface area contributed by atoms with Crippen LogP contribution in [0.25, 0.3) is 5.70 Å². The SMILES string of the molecule is Cc1ccc(N/C(=C/C=C(C#N)C#N)c2ccc(C)cc2)cc1. The standard InChI is InChI=1S/C20H17N3/c1-15-3-8-18(9-4-15)20(12-7-17(13-21)14-22)23-19-10-5-16(2)6-11-19/h3-12,23H,1-2H3/b20-12+. The maximum Gasteiger partial charge on any atom is 0.129 e. The van der Waals surface area contributed by atoms with Crippen molar-refractivity contribution in [1.82, 2.24) is 0 Å². The van der Waals surface area contributed by atoms with Gasteiger partial charge in [-0.3, -0.25) is 0 Å². The zero-order valence-corrected chi connectivity index (χ0v) is 13.2. The van der Waals surface area contributed by atoms with Gasteiger partial charge in [0.1, 0.15) is 17.7 Å². The Bertz CT molecular complexity index is 795. The number of nitriles is 2. The second-order valence-corrected chi connectivity index (χ2v) is 5.24. The maximum atomic E-state index is 8.88. The lowest BCUT2D eigenvalue weighted by atomic mass is 10.1. The van der Waals surface area contributed by atoms with Gasteiger partial charge in [0.25, 0.3) is 0 Å². The van der Waals surface area contributed by atoms with E-state index in [9.17, 15) is 0 Å². The molecule has 0 aliphatic rings. The number of rotatable bonds is 4. The summed E-state index contributed by atoms with van der Waals surface area (Å²) in [7, 11) is 0. The Hall–Kier alpha value is -3.30. The molecule has 0 fully saturated rings. The van der Waals surface area contributed by atoms with Crippen molar-refractivity contribution in [1.29, 1.82) is 10.5 Å². The third-order valence-electron chi connectivity index (χ3n) is 3.35. The summed E-state index contributed by atoms with van der Waals surface area (Å²) in [5.74, 6) is 0. The summed E-state index contributed by atoms with van der Waals surface area (Å²) in [5.41, 5.74) is 5.20. The van der Waals surface area contributed by atoms with Crippen molar-refractivity contribution in [2.24, 2.45) is 0 Å². The van der Waals surface area contributed by atoms with E-state index in [1.54, 1.807) is 6.08 Å². The van der Waals surface area contributed by atoms with E-state index in [-0.39, 0.29) is 5.57 Å². The van der Waals surface area contributed by atoms with Crippen molar-refractivity contribution >= 4 is 11.4 Å². The molecule has 112 valence electrons. The monoisotopic (exact) mass is 299 g/mol. The van der Waals surface area contributed by atoms with Crippen molar-refractivity contribution in [2.75, 3.05) is 5.32 Å². The first kappa shape index (κ1) is 16.1. The Labute approximate surface area is 136 Å². The molecule has 0 bridgehead atoms. The molecule has 0 saturated carbocycles. The highest BCUT2D eigenvalue weighted by molar-refractivity contribution is 5.78. The zero-order chi connectivity index (χ0) is 16.7. The minimum Gasteiger partial charge on any atom is -0.355 e. The molecule has 0 spiro atoms. The van der Waals surface area contributed by atoms with Crippen molar-refractivity contribution in [2.45, 2.75) is 13.8 Å². The fourth-order valence-electron chi connectivity index (χ4n) is 2.00. The highest BCUT2D eigenvalue weighted by Gasteiger charge is 2.02. The van der Waals surface area contributed by atoms with Crippen LogP contribution in [0.4, 0.5) is 5.69 Å². The molecule has 23 heavy (non-hydrogen) atoms. The predicted molar refractivity (Wildman–Crippen MR) is 93.3 cm³/mol. The molecule has 0 aliphatic heterocycles. The van der Waals surface area contributed by atoms with E-state index >= 15 is 0 Å². The van der Waals surface area contributed by atoms with Gasteiger partial charge in [0.05, 0.1) is 0 Å². The Morgan fingerprint density at radius 2 is 1.35 bits per heavy atom. The predicted octanol–water partition coefficient (Wildman–Crippen LogP) is 4.73. The number of benzene rings is 2. The average molecular weight is 299 g/mol. The highest BCUT2D eigenvalue weighted by Crippen LogP contribution is 2.20. The van der Waals surface area contributed by atoms with Gasteiger partial charge < -0.3 is 5.32 Å². The Balaban J connectivity index is 2.39. The van der Waals surface area contributed by atoms with Crippen LogP contribution in [0.5, 0.6) is 0 Å². The van der Waals surface area contributed by atoms with Crippen LogP contribution < -0.4 is 5.32 Å². The van der Waals surface area contributed by atoms with E-state index in [1.807, 2.05) is 74.5 Å². The van der Waals surface area contributed by atoms with Gasteiger partial charge in [-0.15, -0.1) is 0 Å². The smallest absolute Gasteiger partial charge is 0.129 e. The molecule has 0 unspecified atom stereocenters.